The molecule has 0 radical (unpaired) electrons. The Morgan fingerprint density at radius 2 is 1.91 bits per heavy atom. The number of nitro groups is 1. The molecule has 0 aromatic heterocycles. The van der Waals surface area contributed by atoms with Crippen molar-refractivity contribution in [2.24, 2.45) is 5.92 Å². The lowest BCUT2D eigenvalue weighted by atomic mass is 9.89. The quantitative estimate of drug-likeness (QED) is 0.618. The van der Waals surface area contributed by atoms with Crippen molar-refractivity contribution in [3.8, 4) is 0 Å². The summed E-state index contributed by atoms with van der Waals surface area (Å²) in [7, 11) is 0. The molecule has 0 heterocycles. The minimum absolute atomic E-state index is 0.131. The Bertz CT molecular complexity index is 582. The van der Waals surface area contributed by atoms with Gasteiger partial charge in [-0.1, -0.05) is 25.3 Å². The van der Waals surface area contributed by atoms with Crippen molar-refractivity contribution in [3.05, 3.63) is 39.9 Å². The van der Waals surface area contributed by atoms with Gasteiger partial charge in [0.05, 0.1) is 11.5 Å². The molecule has 1 aromatic carbocycles. The third-order valence-electron chi connectivity index (χ3n) is 4.04. The minimum Gasteiger partial charge on any atom is -0.354 e. The van der Waals surface area contributed by atoms with Gasteiger partial charge in [-0.3, -0.25) is 19.7 Å². The standard InChI is InChI=1S/C16H21N3O4/c20-15(17-10-12-5-2-1-3-6-12)11-18-16(21)13-7-4-8-14(9-13)19(22)23/h4,7-9,12H,1-3,5-6,10-11H2,(H,17,20)(H,18,21). The molecule has 2 amide bonds. The van der Waals surface area contributed by atoms with Gasteiger partial charge in [0.15, 0.2) is 0 Å². The van der Waals surface area contributed by atoms with Gasteiger partial charge in [-0.15, -0.1) is 0 Å². The molecule has 0 spiro atoms. The summed E-state index contributed by atoms with van der Waals surface area (Å²) in [6.45, 7) is 0.514. The van der Waals surface area contributed by atoms with Crippen LogP contribution in [0, 0.1) is 16.0 Å². The zero-order chi connectivity index (χ0) is 16.7. The lowest BCUT2D eigenvalue weighted by molar-refractivity contribution is -0.384. The first kappa shape index (κ1) is 16.9. The topological polar surface area (TPSA) is 101 Å². The molecule has 23 heavy (non-hydrogen) atoms. The van der Waals surface area contributed by atoms with Gasteiger partial charge >= 0.3 is 0 Å². The van der Waals surface area contributed by atoms with Crippen LogP contribution in [0.5, 0.6) is 0 Å². The first-order valence-electron chi connectivity index (χ1n) is 7.85. The number of amides is 2. The zero-order valence-corrected chi connectivity index (χ0v) is 12.9. The Hall–Kier alpha value is -2.44. The van der Waals surface area contributed by atoms with E-state index < -0.39 is 10.8 Å². The summed E-state index contributed by atoms with van der Waals surface area (Å²) in [6.07, 6.45) is 5.97. The molecule has 1 aromatic rings. The first-order valence-corrected chi connectivity index (χ1v) is 7.85. The lowest BCUT2D eigenvalue weighted by Crippen LogP contribution is -2.39. The number of benzene rings is 1. The smallest absolute Gasteiger partial charge is 0.270 e. The highest BCUT2D eigenvalue weighted by Gasteiger charge is 2.15. The molecule has 7 heteroatoms. The highest BCUT2D eigenvalue weighted by atomic mass is 16.6. The SMILES string of the molecule is O=C(CNC(=O)c1cccc([N+](=O)[O-])c1)NCC1CCCCC1. The molecule has 0 unspecified atom stereocenters. The number of carbonyl (C=O) groups is 2. The van der Waals surface area contributed by atoms with E-state index in [2.05, 4.69) is 10.6 Å². The summed E-state index contributed by atoms with van der Waals surface area (Å²) in [5, 5.41) is 16.0. The third-order valence-corrected chi connectivity index (χ3v) is 4.04. The number of carbonyl (C=O) groups excluding carboxylic acids is 2. The molecule has 2 N–H and O–H groups in total. The van der Waals surface area contributed by atoms with Crippen molar-refractivity contribution in [3.63, 3.8) is 0 Å². The fourth-order valence-corrected chi connectivity index (χ4v) is 2.74. The van der Waals surface area contributed by atoms with Gasteiger partial charge in [0.25, 0.3) is 11.6 Å². The van der Waals surface area contributed by atoms with Crippen LogP contribution in [0.25, 0.3) is 0 Å². The number of hydrogen-bond donors (Lipinski definition) is 2. The highest BCUT2D eigenvalue weighted by molar-refractivity contribution is 5.96. The molecule has 0 aliphatic heterocycles. The molecule has 1 aliphatic rings. The van der Waals surface area contributed by atoms with E-state index in [9.17, 15) is 19.7 Å². The number of nitrogens with one attached hydrogen (secondary N) is 2. The summed E-state index contributed by atoms with van der Waals surface area (Å²) >= 11 is 0. The van der Waals surface area contributed by atoms with Crippen LogP contribution in [-0.4, -0.2) is 29.8 Å². The molecule has 1 saturated carbocycles. The molecule has 124 valence electrons. The monoisotopic (exact) mass is 319 g/mol. The summed E-state index contributed by atoms with van der Waals surface area (Å²) in [5.74, 6) is -0.212. The third kappa shape index (κ3) is 5.36. The van der Waals surface area contributed by atoms with Crippen molar-refractivity contribution in [1.82, 2.24) is 10.6 Å². The summed E-state index contributed by atoms with van der Waals surface area (Å²) < 4.78 is 0. The van der Waals surface area contributed by atoms with Crippen LogP contribution in [0.3, 0.4) is 0 Å². The summed E-state index contributed by atoms with van der Waals surface area (Å²) in [6, 6.07) is 5.42. The Morgan fingerprint density at radius 3 is 2.61 bits per heavy atom. The Labute approximate surface area is 134 Å². The Kier molecular flexibility index (Phi) is 6.08. The van der Waals surface area contributed by atoms with Crippen LogP contribution < -0.4 is 10.6 Å². The fraction of sp³-hybridized carbons (Fsp3) is 0.500. The predicted octanol–water partition coefficient (Wildman–Crippen LogP) is 2.02. The lowest BCUT2D eigenvalue weighted by Gasteiger charge is -2.21. The predicted molar refractivity (Wildman–Crippen MR) is 85.0 cm³/mol. The van der Waals surface area contributed by atoms with Crippen LogP contribution in [-0.2, 0) is 4.79 Å². The van der Waals surface area contributed by atoms with Gasteiger partial charge in [-0.25, -0.2) is 0 Å². The van der Waals surface area contributed by atoms with E-state index in [1.807, 2.05) is 0 Å². The molecular weight excluding hydrogens is 298 g/mol. The van der Waals surface area contributed by atoms with E-state index >= 15 is 0 Å². The van der Waals surface area contributed by atoms with Crippen LogP contribution in [0.2, 0.25) is 0 Å². The first-order chi connectivity index (χ1) is 11.1. The van der Waals surface area contributed by atoms with Crippen molar-refractivity contribution >= 4 is 17.5 Å². The molecule has 2 rings (SSSR count). The molecule has 7 nitrogen and oxygen atoms in total. The average Bonchev–Trinajstić information content (AvgIpc) is 2.58. The average molecular weight is 319 g/mol. The van der Waals surface area contributed by atoms with Crippen LogP contribution in [0.15, 0.2) is 24.3 Å². The van der Waals surface area contributed by atoms with E-state index in [0.29, 0.717) is 12.5 Å². The number of rotatable bonds is 6. The summed E-state index contributed by atoms with van der Waals surface area (Å²) in [4.78, 5) is 33.8. The van der Waals surface area contributed by atoms with E-state index in [1.54, 1.807) is 0 Å². The van der Waals surface area contributed by atoms with Crippen molar-refractivity contribution < 1.29 is 14.5 Å². The van der Waals surface area contributed by atoms with Crippen molar-refractivity contribution in [2.45, 2.75) is 32.1 Å². The second-order valence-corrected chi connectivity index (χ2v) is 5.80. The van der Waals surface area contributed by atoms with Gasteiger partial charge < -0.3 is 10.6 Å². The van der Waals surface area contributed by atoms with Gasteiger partial charge in [-0.2, -0.15) is 0 Å². The number of hydrogen-bond acceptors (Lipinski definition) is 4. The molecule has 0 atom stereocenters. The zero-order valence-electron chi connectivity index (χ0n) is 12.9. The normalized spacial score (nSPS) is 15.0. The van der Waals surface area contributed by atoms with E-state index in [-0.39, 0.29) is 23.7 Å². The molecule has 1 aliphatic carbocycles. The maximum Gasteiger partial charge on any atom is 0.270 e. The molecular formula is C16H21N3O4. The van der Waals surface area contributed by atoms with Gasteiger partial charge in [-0.05, 0) is 24.8 Å². The number of nitrogens with zero attached hydrogens (tertiary/aromatic N) is 1. The molecule has 0 saturated heterocycles. The van der Waals surface area contributed by atoms with Gasteiger partial charge in [0.1, 0.15) is 0 Å². The van der Waals surface area contributed by atoms with Crippen molar-refractivity contribution in [2.75, 3.05) is 13.1 Å². The Balaban J connectivity index is 1.76. The minimum atomic E-state index is -0.562. The van der Waals surface area contributed by atoms with E-state index in [1.165, 1.54) is 43.5 Å². The molecule has 1 fully saturated rings. The maximum absolute atomic E-state index is 11.9. The highest BCUT2D eigenvalue weighted by Crippen LogP contribution is 2.22. The second-order valence-electron chi connectivity index (χ2n) is 5.80. The van der Waals surface area contributed by atoms with Crippen LogP contribution >= 0.6 is 0 Å². The van der Waals surface area contributed by atoms with Gasteiger partial charge in [0.2, 0.25) is 5.91 Å². The number of non-ortho nitro benzene ring substituents is 1. The maximum atomic E-state index is 11.9. The fourth-order valence-electron chi connectivity index (χ4n) is 2.74. The van der Waals surface area contributed by atoms with Crippen LogP contribution in [0.4, 0.5) is 5.69 Å². The largest absolute Gasteiger partial charge is 0.354 e. The van der Waals surface area contributed by atoms with E-state index in [4.69, 9.17) is 0 Å². The van der Waals surface area contributed by atoms with Crippen molar-refractivity contribution in [1.29, 1.82) is 0 Å². The second kappa shape index (κ2) is 8.26. The van der Waals surface area contributed by atoms with E-state index in [0.717, 1.165) is 12.8 Å². The van der Waals surface area contributed by atoms with Gasteiger partial charge in [0, 0.05) is 24.2 Å². The number of nitro benzene ring substituents is 1. The molecule has 0 bridgehead atoms. The van der Waals surface area contributed by atoms with Crippen LogP contribution in [0.1, 0.15) is 42.5 Å². The summed E-state index contributed by atoms with van der Waals surface area (Å²) in [5.41, 5.74) is 0.0127. The Morgan fingerprint density at radius 1 is 1.17 bits per heavy atom.